The molecule has 3 atom stereocenters. The molecule has 0 aliphatic carbocycles. The molecule has 2 rings (SSSR count). The minimum Gasteiger partial charge on any atom is -0.327 e. The average molecular weight is 232 g/mol. The van der Waals surface area contributed by atoms with Crippen LogP contribution in [0.3, 0.4) is 0 Å². The molecule has 94 valence electrons. The molecule has 1 saturated heterocycles. The minimum absolute atomic E-state index is 0.374. The summed E-state index contributed by atoms with van der Waals surface area (Å²) in [6, 6.07) is 9.76. The van der Waals surface area contributed by atoms with Gasteiger partial charge in [-0.05, 0) is 31.7 Å². The van der Waals surface area contributed by atoms with Gasteiger partial charge < -0.3 is 5.73 Å². The van der Waals surface area contributed by atoms with Crippen LogP contribution < -0.4 is 5.73 Å². The molecule has 0 saturated carbocycles. The fraction of sp³-hybridized carbons (Fsp3) is 0.600. The summed E-state index contributed by atoms with van der Waals surface area (Å²) < 4.78 is 0. The Labute approximate surface area is 105 Å². The lowest BCUT2D eigenvalue weighted by Crippen LogP contribution is -2.51. The van der Waals surface area contributed by atoms with Gasteiger partial charge in [-0.1, -0.05) is 36.8 Å². The fourth-order valence-electron chi connectivity index (χ4n) is 2.74. The van der Waals surface area contributed by atoms with E-state index in [1.165, 1.54) is 11.1 Å². The van der Waals surface area contributed by atoms with Crippen LogP contribution in [-0.4, -0.2) is 23.5 Å². The van der Waals surface area contributed by atoms with Crippen LogP contribution in [-0.2, 0) is 6.54 Å². The van der Waals surface area contributed by atoms with Gasteiger partial charge >= 0.3 is 0 Å². The molecule has 0 aromatic heterocycles. The number of rotatable bonds is 2. The van der Waals surface area contributed by atoms with E-state index in [0.29, 0.717) is 18.0 Å². The third-order valence-corrected chi connectivity index (χ3v) is 4.23. The molecule has 3 unspecified atom stereocenters. The van der Waals surface area contributed by atoms with Gasteiger partial charge in [0.15, 0.2) is 0 Å². The molecule has 0 bridgehead atoms. The van der Waals surface area contributed by atoms with Gasteiger partial charge in [-0.2, -0.15) is 0 Å². The van der Waals surface area contributed by atoms with Crippen molar-refractivity contribution >= 4 is 0 Å². The topological polar surface area (TPSA) is 29.3 Å². The summed E-state index contributed by atoms with van der Waals surface area (Å²) in [5.41, 5.74) is 8.88. The maximum atomic E-state index is 6.12. The van der Waals surface area contributed by atoms with Crippen LogP contribution in [0.5, 0.6) is 0 Å². The Hall–Kier alpha value is -0.860. The predicted molar refractivity (Wildman–Crippen MR) is 72.8 cm³/mol. The zero-order valence-electron chi connectivity index (χ0n) is 11.2. The number of piperidine rings is 1. The molecule has 1 aromatic rings. The van der Waals surface area contributed by atoms with Crippen LogP contribution in [0.25, 0.3) is 0 Å². The number of hydrogen-bond donors (Lipinski definition) is 1. The van der Waals surface area contributed by atoms with Crippen molar-refractivity contribution in [1.82, 2.24) is 4.90 Å². The van der Waals surface area contributed by atoms with Crippen molar-refractivity contribution in [3.8, 4) is 0 Å². The van der Waals surface area contributed by atoms with Gasteiger partial charge in [0.1, 0.15) is 0 Å². The normalized spacial score (nSPS) is 30.5. The number of benzene rings is 1. The molecule has 17 heavy (non-hydrogen) atoms. The van der Waals surface area contributed by atoms with E-state index >= 15 is 0 Å². The van der Waals surface area contributed by atoms with Gasteiger partial charge in [-0.3, -0.25) is 4.90 Å². The van der Waals surface area contributed by atoms with E-state index in [4.69, 9.17) is 5.73 Å². The zero-order valence-corrected chi connectivity index (χ0v) is 11.2. The molecule has 0 amide bonds. The Kier molecular flexibility index (Phi) is 3.85. The van der Waals surface area contributed by atoms with Gasteiger partial charge in [0, 0.05) is 25.2 Å². The summed E-state index contributed by atoms with van der Waals surface area (Å²) >= 11 is 0. The number of aryl methyl sites for hydroxylation is 1. The van der Waals surface area contributed by atoms with Gasteiger partial charge in [-0.25, -0.2) is 0 Å². The molecular formula is C15H24N2. The lowest BCUT2D eigenvalue weighted by molar-refractivity contribution is 0.0910. The van der Waals surface area contributed by atoms with E-state index < -0.39 is 0 Å². The molecule has 0 radical (unpaired) electrons. The average Bonchev–Trinajstić information content (AvgIpc) is 2.30. The first-order valence-electron chi connectivity index (χ1n) is 6.63. The van der Waals surface area contributed by atoms with Crippen LogP contribution in [0.2, 0.25) is 0 Å². The van der Waals surface area contributed by atoms with Crippen LogP contribution in [0.15, 0.2) is 24.3 Å². The van der Waals surface area contributed by atoms with Gasteiger partial charge in [-0.15, -0.1) is 0 Å². The molecule has 2 nitrogen and oxygen atoms in total. The van der Waals surface area contributed by atoms with E-state index in [9.17, 15) is 0 Å². The number of nitrogens with zero attached hydrogens (tertiary/aromatic N) is 1. The fourth-order valence-corrected chi connectivity index (χ4v) is 2.74. The Morgan fingerprint density at radius 2 is 2.12 bits per heavy atom. The van der Waals surface area contributed by atoms with Gasteiger partial charge in [0.05, 0.1) is 0 Å². The zero-order chi connectivity index (χ0) is 12.4. The standard InChI is InChI=1S/C15H24N2/c1-11-5-4-6-14(9-11)10-17-8-7-15(16)12(2)13(17)3/h4-6,9,12-13,15H,7-8,10,16H2,1-3H3. The van der Waals surface area contributed by atoms with Gasteiger partial charge in [0.25, 0.3) is 0 Å². The first-order valence-corrected chi connectivity index (χ1v) is 6.63. The Bertz CT molecular complexity index is 375. The maximum absolute atomic E-state index is 6.12. The van der Waals surface area contributed by atoms with Crippen molar-refractivity contribution in [1.29, 1.82) is 0 Å². The maximum Gasteiger partial charge on any atom is 0.0236 e. The van der Waals surface area contributed by atoms with Crippen molar-refractivity contribution < 1.29 is 0 Å². The monoisotopic (exact) mass is 232 g/mol. The molecule has 0 spiro atoms. The highest BCUT2D eigenvalue weighted by molar-refractivity contribution is 5.22. The molecule has 1 aromatic carbocycles. The molecule has 1 aliphatic heterocycles. The second kappa shape index (κ2) is 5.19. The van der Waals surface area contributed by atoms with Crippen molar-refractivity contribution in [2.24, 2.45) is 11.7 Å². The van der Waals surface area contributed by atoms with E-state index in [1.807, 2.05) is 0 Å². The van der Waals surface area contributed by atoms with Crippen molar-refractivity contribution in [3.63, 3.8) is 0 Å². The van der Waals surface area contributed by atoms with Crippen molar-refractivity contribution in [2.45, 2.75) is 45.8 Å². The van der Waals surface area contributed by atoms with Crippen molar-refractivity contribution in [2.75, 3.05) is 6.54 Å². The Morgan fingerprint density at radius 1 is 1.35 bits per heavy atom. The molecule has 1 aliphatic rings. The first kappa shape index (κ1) is 12.6. The minimum atomic E-state index is 0.374. The van der Waals surface area contributed by atoms with Gasteiger partial charge in [0.2, 0.25) is 0 Å². The first-order chi connectivity index (χ1) is 8.08. The van der Waals surface area contributed by atoms with E-state index in [2.05, 4.69) is 49.9 Å². The summed E-state index contributed by atoms with van der Waals surface area (Å²) in [6.45, 7) is 8.92. The second-order valence-corrected chi connectivity index (χ2v) is 5.51. The highest BCUT2D eigenvalue weighted by atomic mass is 15.2. The SMILES string of the molecule is Cc1cccc(CN2CCC(N)C(C)C2C)c1. The molecule has 1 heterocycles. The summed E-state index contributed by atoms with van der Waals surface area (Å²) in [5.74, 6) is 0.591. The predicted octanol–water partition coefficient (Wildman–Crippen LogP) is 2.55. The Morgan fingerprint density at radius 3 is 2.82 bits per heavy atom. The smallest absolute Gasteiger partial charge is 0.0236 e. The second-order valence-electron chi connectivity index (χ2n) is 5.51. The molecular weight excluding hydrogens is 208 g/mol. The lowest BCUT2D eigenvalue weighted by Gasteiger charge is -2.41. The summed E-state index contributed by atoms with van der Waals surface area (Å²) in [6.07, 6.45) is 1.12. The lowest BCUT2D eigenvalue weighted by atomic mass is 9.87. The van der Waals surface area contributed by atoms with E-state index in [1.54, 1.807) is 0 Å². The van der Waals surface area contributed by atoms with Crippen LogP contribution >= 0.6 is 0 Å². The molecule has 2 heteroatoms. The summed E-state index contributed by atoms with van der Waals surface area (Å²) in [5, 5.41) is 0. The highest BCUT2D eigenvalue weighted by Crippen LogP contribution is 2.24. The summed E-state index contributed by atoms with van der Waals surface area (Å²) in [4.78, 5) is 2.56. The molecule has 1 fully saturated rings. The Balaban J connectivity index is 2.04. The third-order valence-electron chi connectivity index (χ3n) is 4.23. The highest BCUT2D eigenvalue weighted by Gasteiger charge is 2.29. The van der Waals surface area contributed by atoms with E-state index in [-0.39, 0.29) is 0 Å². The quantitative estimate of drug-likeness (QED) is 0.849. The summed E-state index contributed by atoms with van der Waals surface area (Å²) in [7, 11) is 0. The number of hydrogen-bond acceptors (Lipinski definition) is 2. The number of likely N-dealkylation sites (tertiary alicyclic amines) is 1. The van der Waals surface area contributed by atoms with Crippen molar-refractivity contribution in [3.05, 3.63) is 35.4 Å². The third kappa shape index (κ3) is 2.88. The van der Waals surface area contributed by atoms with Crippen LogP contribution in [0.4, 0.5) is 0 Å². The molecule has 2 N–H and O–H groups in total. The van der Waals surface area contributed by atoms with Crippen LogP contribution in [0.1, 0.15) is 31.4 Å². The van der Waals surface area contributed by atoms with Crippen LogP contribution in [0, 0.1) is 12.8 Å². The van der Waals surface area contributed by atoms with E-state index in [0.717, 1.165) is 19.5 Å². The largest absolute Gasteiger partial charge is 0.327 e. The number of nitrogens with two attached hydrogens (primary N) is 1.